The molecule has 3 N–H and O–H groups in total. The van der Waals surface area contributed by atoms with E-state index in [4.69, 9.17) is 15.3 Å². The van der Waals surface area contributed by atoms with Gasteiger partial charge in [0.05, 0.1) is 17.1 Å². The maximum absolute atomic E-state index is 8.89. The molecule has 1 heterocycles. The van der Waals surface area contributed by atoms with Crippen molar-refractivity contribution in [2.24, 2.45) is 5.73 Å². The lowest BCUT2D eigenvalue weighted by atomic mass is 10.2. The van der Waals surface area contributed by atoms with Crippen molar-refractivity contribution in [3.05, 3.63) is 34.5 Å². The highest BCUT2D eigenvalue weighted by Gasteiger charge is 2.11. The van der Waals surface area contributed by atoms with Crippen LogP contribution in [0.3, 0.4) is 0 Å². The van der Waals surface area contributed by atoms with Crippen molar-refractivity contribution in [3.63, 3.8) is 0 Å². The van der Waals surface area contributed by atoms with Crippen LogP contribution in [0.1, 0.15) is 11.8 Å². The van der Waals surface area contributed by atoms with Crippen molar-refractivity contribution >= 4 is 26.9 Å². The molecule has 1 aromatic carbocycles. The Bertz CT molecular complexity index is 452. The summed E-state index contributed by atoms with van der Waals surface area (Å²) in [6, 6.07) is 7.17. The van der Waals surface area contributed by atoms with Crippen molar-refractivity contribution in [1.29, 1.82) is 0 Å². The van der Waals surface area contributed by atoms with Gasteiger partial charge >= 0.3 is 0 Å². The second-order valence-corrected chi connectivity index (χ2v) is 3.95. The fourth-order valence-corrected chi connectivity index (χ4v) is 1.78. The fraction of sp³-hybridized carbons (Fsp3) is 0.200. The molecule has 0 aliphatic heterocycles. The van der Waals surface area contributed by atoms with Crippen molar-refractivity contribution in [2.45, 2.75) is 6.04 Å². The zero-order valence-corrected chi connectivity index (χ0v) is 8.99. The Kier molecular flexibility index (Phi) is 2.58. The first-order valence-corrected chi connectivity index (χ1v) is 5.06. The molecule has 2 rings (SSSR count). The zero-order chi connectivity index (χ0) is 10.1. The Morgan fingerprint density at radius 2 is 2.29 bits per heavy atom. The maximum atomic E-state index is 8.89. The third kappa shape index (κ3) is 1.56. The summed E-state index contributed by atoms with van der Waals surface area (Å²) in [7, 11) is 0. The van der Waals surface area contributed by atoms with Crippen LogP contribution in [0.4, 0.5) is 0 Å². The minimum absolute atomic E-state index is 0.114. The number of hydrogen-bond donors (Lipinski definition) is 2. The molecule has 0 saturated carbocycles. The predicted octanol–water partition coefficient (Wildman–Crippen LogP) is 2.19. The van der Waals surface area contributed by atoms with E-state index in [0.29, 0.717) is 5.76 Å². The molecule has 74 valence electrons. The molecule has 0 radical (unpaired) electrons. The number of hydrogen-bond acceptors (Lipinski definition) is 3. The van der Waals surface area contributed by atoms with Crippen LogP contribution in [0.2, 0.25) is 0 Å². The Morgan fingerprint density at radius 3 is 2.93 bits per heavy atom. The lowest BCUT2D eigenvalue weighted by Gasteiger charge is -2.01. The van der Waals surface area contributed by atoms with E-state index in [1.165, 1.54) is 0 Å². The van der Waals surface area contributed by atoms with Crippen LogP contribution in [-0.2, 0) is 0 Å². The molecule has 4 heteroatoms. The number of halogens is 1. The normalized spacial score (nSPS) is 13.4. The Morgan fingerprint density at radius 1 is 1.50 bits per heavy atom. The summed E-state index contributed by atoms with van der Waals surface area (Å²) >= 11 is 3.38. The van der Waals surface area contributed by atoms with Gasteiger partial charge in [0.1, 0.15) is 11.3 Å². The molecule has 1 atom stereocenters. The topological polar surface area (TPSA) is 59.4 Å². The minimum Gasteiger partial charge on any atom is -0.458 e. The van der Waals surface area contributed by atoms with Gasteiger partial charge in [-0.05, 0) is 28.1 Å². The van der Waals surface area contributed by atoms with Gasteiger partial charge in [0.15, 0.2) is 0 Å². The van der Waals surface area contributed by atoms with E-state index < -0.39 is 6.04 Å². The third-order valence-corrected chi connectivity index (χ3v) is 2.70. The summed E-state index contributed by atoms with van der Waals surface area (Å²) in [6.07, 6.45) is 0. The number of nitrogens with two attached hydrogens (primary N) is 1. The van der Waals surface area contributed by atoms with E-state index in [0.717, 1.165) is 15.4 Å². The largest absolute Gasteiger partial charge is 0.458 e. The first-order chi connectivity index (χ1) is 6.72. The van der Waals surface area contributed by atoms with Crippen LogP contribution in [0.15, 0.2) is 33.2 Å². The number of para-hydroxylation sites is 1. The third-order valence-electron chi connectivity index (χ3n) is 2.08. The van der Waals surface area contributed by atoms with E-state index in [1.807, 2.05) is 24.3 Å². The molecular formula is C10H10BrNO2. The number of fused-ring (bicyclic) bond motifs is 1. The molecule has 0 aliphatic rings. The van der Waals surface area contributed by atoms with Gasteiger partial charge < -0.3 is 15.3 Å². The Labute approximate surface area is 89.6 Å². The van der Waals surface area contributed by atoms with Gasteiger partial charge in [-0.25, -0.2) is 0 Å². The van der Waals surface area contributed by atoms with E-state index in [1.54, 1.807) is 0 Å². The highest BCUT2D eigenvalue weighted by atomic mass is 79.9. The quantitative estimate of drug-likeness (QED) is 0.865. The molecule has 3 nitrogen and oxygen atoms in total. The number of furan rings is 1. The monoisotopic (exact) mass is 255 g/mol. The summed E-state index contributed by atoms with van der Waals surface area (Å²) in [5.74, 6) is 0.606. The van der Waals surface area contributed by atoms with Crippen LogP contribution in [0.5, 0.6) is 0 Å². The number of aliphatic hydroxyl groups excluding tert-OH is 1. The second-order valence-electron chi connectivity index (χ2n) is 3.10. The number of rotatable bonds is 2. The minimum atomic E-state index is -0.450. The van der Waals surface area contributed by atoms with Gasteiger partial charge in [-0.15, -0.1) is 0 Å². The highest BCUT2D eigenvalue weighted by molar-refractivity contribution is 9.10. The van der Waals surface area contributed by atoms with E-state index in [-0.39, 0.29) is 6.61 Å². The molecular weight excluding hydrogens is 246 g/mol. The van der Waals surface area contributed by atoms with Gasteiger partial charge in [0.2, 0.25) is 0 Å². The molecule has 0 bridgehead atoms. The fourth-order valence-electron chi connectivity index (χ4n) is 1.32. The van der Waals surface area contributed by atoms with Crippen molar-refractivity contribution < 1.29 is 9.52 Å². The van der Waals surface area contributed by atoms with Crippen molar-refractivity contribution in [1.82, 2.24) is 0 Å². The van der Waals surface area contributed by atoms with Gasteiger partial charge in [0, 0.05) is 5.39 Å². The smallest absolute Gasteiger partial charge is 0.148 e. The van der Waals surface area contributed by atoms with Gasteiger partial charge in [0.25, 0.3) is 0 Å². The number of benzene rings is 1. The Hall–Kier alpha value is -0.840. The summed E-state index contributed by atoms with van der Waals surface area (Å²) < 4.78 is 6.41. The van der Waals surface area contributed by atoms with Gasteiger partial charge in [-0.2, -0.15) is 0 Å². The first kappa shape index (κ1) is 9.71. The van der Waals surface area contributed by atoms with Gasteiger partial charge in [-0.3, -0.25) is 0 Å². The lowest BCUT2D eigenvalue weighted by Crippen LogP contribution is -2.13. The van der Waals surface area contributed by atoms with Crippen LogP contribution in [-0.4, -0.2) is 11.7 Å². The van der Waals surface area contributed by atoms with Crippen molar-refractivity contribution in [2.75, 3.05) is 6.61 Å². The van der Waals surface area contributed by atoms with E-state index in [2.05, 4.69) is 15.9 Å². The summed E-state index contributed by atoms with van der Waals surface area (Å²) in [4.78, 5) is 0. The highest BCUT2D eigenvalue weighted by Crippen LogP contribution is 2.28. The van der Waals surface area contributed by atoms with Crippen LogP contribution >= 0.6 is 15.9 Å². The first-order valence-electron chi connectivity index (χ1n) is 4.27. The maximum Gasteiger partial charge on any atom is 0.148 e. The average molecular weight is 256 g/mol. The van der Waals surface area contributed by atoms with E-state index in [9.17, 15) is 0 Å². The van der Waals surface area contributed by atoms with Gasteiger partial charge in [-0.1, -0.05) is 12.1 Å². The second kappa shape index (κ2) is 3.73. The lowest BCUT2D eigenvalue weighted by molar-refractivity contribution is 0.254. The van der Waals surface area contributed by atoms with E-state index >= 15 is 0 Å². The molecule has 0 spiro atoms. The number of aliphatic hydroxyl groups is 1. The molecule has 2 aromatic rings. The SMILES string of the molecule is NC(CO)c1cc2cccc(Br)c2o1. The molecule has 1 aromatic heterocycles. The standard InChI is InChI=1S/C10H10BrNO2/c11-7-3-1-2-6-4-9(8(12)5-13)14-10(6)7/h1-4,8,13H,5,12H2. The summed E-state index contributed by atoms with van der Waals surface area (Å²) in [5.41, 5.74) is 6.42. The Balaban J connectivity index is 2.56. The van der Waals surface area contributed by atoms with Crippen molar-refractivity contribution in [3.8, 4) is 0 Å². The summed E-state index contributed by atoms with van der Waals surface area (Å²) in [6.45, 7) is -0.114. The molecule has 1 unspecified atom stereocenters. The zero-order valence-electron chi connectivity index (χ0n) is 7.40. The molecule has 0 saturated heterocycles. The molecule has 0 aliphatic carbocycles. The van der Waals surface area contributed by atoms with Crippen LogP contribution in [0, 0.1) is 0 Å². The molecule has 0 amide bonds. The predicted molar refractivity (Wildman–Crippen MR) is 57.9 cm³/mol. The average Bonchev–Trinajstić information content (AvgIpc) is 2.62. The van der Waals surface area contributed by atoms with Crippen LogP contribution in [0.25, 0.3) is 11.0 Å². The molecule has 14 heavy (non-hydrogen) atoms. The molecule has 0 fully saturated rings. The van der Waals surface area contributed by atoms with Crippen LogP contribution < -0.4 is 5.73 Å². The summed E-state index contributed by atoms with van der Waals surface area (Å²) in [5, 5.41) is 9.87.